The number of ether oxygens (including phenoxy) is 1. The molecule has 1 aliphatic carbocycles. The average molecular weight is 461 g/mol. The number of nitrogens with two attached hydrogens (primary N) is 1. The highest BCUT2D eigenvalue weighted by atomic mass is 16.5. The maximum atomic E-state index is 13.3. The molecule has 3 aromatic rings. The van der Waals surface area contributed by atoms with Gasteiger partial charge >= 0.3 is 5.97 Å². The highest BCUT2D eigenvalue weighted by molar-refractivity contribution is 5.91. The molecular weight excluding hydrogens is 426 g/mol. The van der Waals surface area contributed by atoms with Gasteiger partial charge in [-0.1, -0.05) is 60.7 Å². The number of nitrogens with zero attached hydrogens (tertiary/aromatic N) is 2. The van der Waals surface area contributed by atoms with Crippen molar-refractivity contribution in [2.24, 2.45) is 11.7 Å². The van der Waals surface area contributed by atoms with Crippen LogP contribution in [-0.4, -0.2) is 23.1 Å². The molecule has 1 saturated carbocycles. The lowest BCUT2D eigenvalue weighted by Crippen LogP contribution is -2.48. The second-order valence-corrected chi connectivity index (χ2v) is 9.29. The molecule has 1 amide bonds. The highest BCUT2D eigenvalue weighted by Crippen LogP contribution is 2.48. The van der Waals surface area contributed by atoms with Crippen LogP contribution in [0.2, 0.25) is 0 Å². The lowest BCUT2D eigenvalue weighted by molar-refractivity contribution is -0.721. The van der Waals surface area contributed by atoms with Gasteiger partial charge in [-0.05, 0) is 36.3 Å². The van der Waals surface area contributed by atoms with Gasteiger partial charge in [0.2, 0.25) is 12.2 Å². The first-order valence-electron chi connectivity index (χ1n) is 12.0. The molecular formula is C28H34N3O3+. The Morgan fingerprint density at radius 1 is 1.06 bits per heavy atom. The van der Waals surface area contributed by atoms with Crippen molar-refractivity contribution in [1.29, 1.82) is 0 Å². The molecule has 6 nitrogen and oxygen atoms in total. The van der Waals surface area contributed by atoms with E-state index in [0.29, 0.717) is 12.6 Å². The first kappa shape index (κ1) is 23.7. The molecule has 4 rings (SSSR count). The van der Waals surface area contributed by atoms with Crippen molar-refractivity contribution in [1.82, 2.24) is 4.57 Å². The van der Waals surface area contributed by atoms with Gasteiger partial charge in [0.25, 0.3) is 0 Å². The molecule has 0 unspecified atom stereocenters. The van der Waals surface area contributed by atoms with Gasteiger partial charge in [-0.25, -0.2) is 9.13 Å². The van der Waals surface area contributed by atoms with Gasteiger partial charge in [-0.3, -0.25) is 9.59 Å². The van der Waals surface area contributed by atoms with E-state index in [1.54, 1.807) is 0 Å². The van der Waals surface area contributed by atoms with E-state index in [-0.39, 0.29) is 17.8 Å². The molecule has 1 aliphatic rings. The number of carbonyl (C=O) groups is 2. The number of primary amides is 1. The number of esters is 1. The standard InChI is InChI=1S/C28H33N3O3/c1-21-19-31(20-30(21)16-9-17-34-22(2)32)26-15-14-25(18-26)28(27(29)33,23-10-5-3-6-11-23)24-12-7-4-8-13-24/h3-8,10-13,19-20,25-26H,9,14-18H2,1-2H3,(H-,29,33)/p+1/t25-,26-/m0/s1. The second kappa shape index (κ2) is 10.2. The molecule has 1 aromatic heterocycles. The summed E-state index contributed by atoms with van der Waals surface area (Å²) in [7, 11) is 0. The number of hydrogen-bond donors (Lipinski definition) is 1. The molecule has 1 heterocycles. The summed E-state index contributed by atoms with van der Waals surface area (Å²) in [6, 6.07) is 20.3. The van der Waals surface area contributed by atoms with Crippen LogP contribution < -0.4 is 10.3 Å². The molecule has 0 bridgehead atoms. The molecule has 2 aromatic carbocycles. The number of amides is 1. The molecule has 2 atom stereocenters. The molecule has 1 fully saturated rings. The van der Waals surface area contributed by atoms with E-state index in [1.807, 2.05) is 60.7 Å². The lowest BCUT2D eigenvalue weighted by atomic mass is 9.64. The van der Waals surface area contributed by atoms with E-state index >= 15 is 0 Å². The van der Waals surface area contributed by atoms with Crippen LogP contribution in [-0.2, 0) is 26.3 Å². The van der Waals surface area contributed by atoms with Crippen LogP contribution in [0, 0.1) is 12.8 Å². The number of aromatic nitrogens is 2. The van der Waals surface area contributed by atoms with Gasteiger partial charge in [0.15, 0.2) is 0 Å². The van der Waals surface area contributed by atoms with Crippen LogP contribution in [0.3, 0.4) is 0 Å². The molecule has 0 aliphatic heterocycles. The van der Waals surface area contributed by atoms with Gasteiger partial charge < -0.3 is 10.5 Å². The van der Waals surface area contributed by atoms with Crippen molar-refractivity contribution in [2.45, 2.75) is 57.5 Å². The van der Waals surface area contributed by atoms with Crippen LogP contribution in [0.15, 0.2) is 73.2 Å². The molecule has 0 spiro atoms. The predicted octanol–water partition coefficient (Wildman–Crippen LogP) is 3.85. The Kier molecular flexibility index (Phi) is 7.15. The Labute approximate surface area is 201 Å². The quantitative estimate of drug-likeness (QED) is 0.299. The maximum absolute atomic E-state index is 13.3. The molecule has 2 N–H and O–H groups in total. The van der Waals surface area contributed by atoms with Crippen LogP contribution in [0.1, 0.15) is 55.5 Å². The zero-order valence-corrected chi connectivity index (χ0v) is 20.0. The fourth-order valence-corrected chi connectivity index (χ4v) is 5.61. The third-order valence-corrected chi connectivity index (χ3v) is 7.20. The van der Waals surface area contributed by atoms with Gasteiger partial charge in [0, 0.05) is 20.3 Å². The van der Waals surface area contributed by atoms with Gasteiger partial charge in [0.1, 0.15) is 23.3 Å². The van der Waals surface area contributed by atoms with Gasteiger partial charge in [-0.2, -0.15) is 0 Å². The van der Waals surface area contributed by atoms with Crippen LogP contribution in [0.5, 0.6) is 0 Å². The summed E-state index contributed by atoms with van der Waals surface area (Å²) < 4.78 is 9.55. The minimum Gasteiger partial charge on any atom is -0.466 e. The smallest absolute Gasteiger partial charge is 0.302 e. The summed E-state index contributed by atoms with van der Waals surface area (Å²) in [5.41, 5.74) is 8.46. The van der Waals surface area contributed by atoms with Crippen LogP contribution >= 0.6 is 0 Å². The number of aryl methyl sites for hydroxylation is 2. The molecule has 0 radical (unpaired) electrons. The summed E-state index contributed by atoms with van der Waals surface area (Å²) in [6.07, 6.45) is 7.87. The number of rotatable bonds is 9. The van der Waals surface area contributed by atoms with Crippen LogP contribution in [0.4, 0.5) is 0 Å². The van der Waals surface area contributed by atoms with Crippen LogP contribution in [0.25, 0.3) is 0 Å². The largest absolute Gasteiger partial charge is 0.466 e. The normalized spacial score (nSPS) is 18.1. The molecule has 34 heavy (non-hydrogen) atoms. The van der Waals surface area contributed by atoms with E-state index in [4.69, 9.17) is 10.5 Å². The minimum atomic E-state index is -0.862. The van der Waals surface area contributed by atoms with Gasteiger partial charge in [0.05, 0.1) is 13.2 Å². The zero-order valence-electron chi connectivity index (χ0n) is 20.0. The zero-order chi connectivity index (χ0) is 24.1. The van der Waals surface area contributed by atoms with Crippen molar-refractivity contribution in [2.75, 3.05) is 6.61 Å². The number of carbonyl (C=O) groups excluding carboxylic acids is 2. The summed E-state index contributed by atoms with van der Waals surface area (Å²) >= 11 is 0. The van der Waals surface area contributed by atoms with E-state index in [1.165, 1.54) is 12.6 Å². The molecule has 0 saturated heterocycles. The fourth-order valence-electron chi connectivity index (χ4n) is 5.61. The van der Waals surface area contributed by atoms with Crippen molar-refractivity contribution >= 4 is 11.9 Å². The Bertz CT molecular complexity index is 1080. The monoisotopic (exact) mass is 460 g/mol. The van der Waals surface area contributed by atoms with E-state index < -0.39 is 5.41 Å². The van der Waals surface area contributed by atoms with Crippen molar-refractivity contribution in [3.8, 4) is 0 Å². The lowest BCUT2D eigenvalue weighted by Gasteiger charge is -2.37. The Hall–Kier alpha value is -3.41. The Morgan fingerprint density at radius 2 is 1.68 bits per heavy atom. The summed E-state index contributed by atoms with van der Waals surface area (Å²) in [6.45, 7) is 4.74. The number of hydrogen-bond acceptors (Lipinski definition) is 3. The predicted molar refractivity (Wildman–Crippen MR) is 130 cm³/mol. The highest BCUT2D eigenvalue weighted by Gasteiger charge is 2.50. The average Bonchev–Trinajstić information content (AvgIpc) is 3.46. The van der Waals surface area contributed by atoms with E-state index in [9.17, 15) is 9.59 Å². The molecule has 6 heteroatoms. The Morgan fingerprint density at radius 3 is 2.24 bits per heavy atom. The second-order valence-electron chi connectivity index (χ2n) is 9.29. The number of imidazole rings is 1. The van der Waals surface area contributed by atoms with E-state index in [2.05, 4.69) is 28.6 Å². The summed E-state index contributed by atoms with van der Waals surface area (Å²) in [5, 5.41) is 0. The Balaban J connectivity index is 1.60. The first-order valence-corrected chi connectivity index (χ1v) is 12.0. The maximum Gasteiger partial charge on any atom is 0.302 e. The van der Waals surface area contributed by atoms with Crippen molar-refractivity contribution < 1.29 is 18.9 Å². The van der Waals surface area contributed by atoms with Crippen molar-refractivity contribution in [3.63, 3.8) is 0 Å². The fraction of sp³-hybridized carbons (Fsp3) is 0.393. The third kappa shape index (κ3) is 4.63. The van der Waals surface area contributed by atoms with Gasteiger partial charge in [-0.15, -0.1) is 0 Å². The number of benzene rings is 2. The minimum absolute atomic E-state index is 0.0972. The molecule has 178 valence electrons. The first-order chi connectivity index (χ1) is 16.4. The summed E-state index contributed by atoms with van der Waals surface area (Å²) in [4.78, 5) is 24.3. The SMILES string of the molecule is CC(=O)OCCCn1c[n+]([C@H]2CC[C@H](C(C(N)=O)(c3ccccc3)c3ccccc3)C2)cc1C. The topological polar surface area (TPSA) is 78.2 Å². The van der Waals surface area contributed by atoms with E-state index in [0.717, 1.165) is 43.4 Å². The summed E-state index contributed by atoms with van der Waals surface area (Å²) in [5.74, 6) is -0.439. The van der Waals surface area contributed by atoms with Crippen molar-refractivity contribution in [3.05, 3.63) is 90.0 Å². The third-order valence-electron chi connectivity index (χ3n) is 7.20.